The van der Waals surface area contributed by atoms with Crippen LogP contribution in [0.15, 0.2) is 28.3 Å². The van der Waals surface area contributed by atoms with Gasteiger partial charge in [-0.3, -0.25) is 9.59 Å². The topological polar surface area (TPSA) is 112 Å². The number of carbonyl (C=O) groups is 1. The van der Waals surface area contributed by atoms with Gasteiger partial charge in [0, 0.05) is 18.8 Å². The number of likely N-dealkylation sites (N-methyl/N-ethyl adjacent to an activating group) is 1. The predicted octanol–water partition coefficient (Wildman–Crippen LogP) is -0.417. The number of hydrogen-bond acceptors (Lipinski definition) is 4. The Morgan fingerprint density at radius 2 is 2.29 bits per heavy atom. The summed E-state index contributed by atoms with van der Waals surface area (Å²) in [6.07, 6.45) is 1.33. The number of pyridine rings is 1. The SMILES string of the molecule is CCN(C/C(N)=N/O)C(=O)c1ccc(=O)[nH]c1. The van der Waals surface area contributed by atoms with Crippen LogP contribution in [0.3, 0.4) is 0 Å². The first kappa shape index (κ1) is 12.8. The molecule has 1 aromatic heterocycles. The number of hydrogen-bond donors (Lipinski definition) is 3. The largest absolute Gasteiger partial charge is 0.409 e. The van der Waals surface area contributed by atoms with Gasteiger partial charge in [-0.05, 0) is 13.0 Å². The molecular weight excluding hydrogens is 224 g/mol. The molecule has 0 aliphatic rings. The Bertz CT molecular complexity index is 460. The molecule has 0 atom stereocenters. The Morgan fingerprint density at radius 3 is 2.76 bits per heavy atom. The van der Waals surface area contributed by atoms with Gasteiger partial charge in [0.25, 0.3) is 5.91 Å². The molecule has 0 aromatic carbocycles. The fourth-order valence-electron chi connectivity index (χ4n) is 1.28. The Balaban J connectivity index is 2.86. The van der Waals surface area contributed by atoms with E-state index in [1.165, 1.54) is 23.2 Å². The Hall–Kier alpha value is -2.31. The number of aromatic nitrogens is 1. The Morgan fingerprint density at radius 1 is 1.59 bits per heavy atom. The minimum Gasteiger partial charge on any atom is -0.409 e. The van der Waals surface area contributed by atoms with Gasteiger partial charge in [-0.1, -0.05) is 5.16 Å². The molecular formula is C10H14N4O3. The zero-order valence-electron chi connectivity index (χ0n) is 9.38. The van der Waals surface area contributed by atoms with Crippen LogP contribution in [-0.4, -0.2) is 39.9 Å². The fraction of sp³-hybridized carbons (Fsp3) is 0.300. The molecule has 0 unspecified atom stereocenters. The van der Waals surface area contributed by atoms with Gasteiger partial charge in [0.1, 0.15) is 0 Å². The molecule has 0 aliphatic carbocycles. The fourth-order valence-corrected chi connectivity index (χ4v) is 1.28. The summed E-state index contributed by atoms with van der Waals surface area (Å²) in [5.41, 5.74) is 5.41. The number of amides is 1. The first-order chi connectivity index (χ1) is 8.08. The Labute approximate surface area is 97.5 Å². The number of nitrogens with one attached hydrogen (secondary N) is 1. The van der Waals surface area contributed by atoms with E-state index in [2.05, 4.69) is 10.1 Å². The monoisotopic (exact) mass is 238 g/mol. The van der Waals surface area contributed by atoms with Crippen LogP contribution in [0.4, 0.5) is 0 Å². The summed E-state index contributed by atoms with van der Waals surface area (Å²) in [5.74, 6) is -0.347. The standard InChI is InChI=1S/C10H14N4O3/c1-2-14(6-8(11)13-17)10(16)7-3-4-9(15)12-5-7/h3-5,17H,2,6H2,1H3,(H2,11,13)(H,12,15). The number of carbonyl (C=O) groups excluding carboxylic acids is 1. The highest BCUT2D eigenvalue weighted by molar-refractivity contribution is 5.96. The molecule has 0 bridgehead atoms. The van der Waals surface area contributed by atoms with Crippen molar-refractivity contribution in [2.45, 2.75) is 6.92 Å². The number of aromatic amines is 1. The van der Waals surface area contributed by atoms with Gasteiger partial charge < -0.3 is 20.8 Å². The van der Waals surface area contributed by atoms with E-state index in [1.54, 1.807) is 6.92 Å². The minimum atomic E-state index is -0.296. The number of rotatable bonds is 4. The van der Waals surface area contributed by atoms with Gasteiger partial charge in [-0.2, -0.15) is 0 Å². The maximum Gasteiger partial charge on any atom is 0.255 e. The van der Waals surface area contributed by atoms with Crippen LogP contribution in [0.5, 0.6) is 0 Å². The quantitative estimate of drug-likeness (QED) is 0.286. The number of H-pyrrole nitrogens is 1. The van der Waals surface area contributed by atoms with Crippen molar-refractivity contribution >= 4 is 11.7 Å². The van der Waals surface area contributed by atoms with Gasteiger partial charge >= 0.3 is 0 Å². The van der Waals surface area contributed by atoms with Crippen molar-refractivity contribution in [2.75, 3.05) is 13.1 Å². The van der Waals surface area contributed by atoms with Crippen LogP contribution >= 0.6 is 0 Å². The third kappa shape index (κ3) is 3.33. The zero-order valence-corrected chi connectivity index (χ0v) is 9.38. The van der Waals surface area contributed by atoms with E-state index in [0.717, 1.165) is 0 Å². The van der Waals surface area contributed by atoms with Crippen LogP contribution in [0.25, 0.3) is 0 Å². The molecule has 17 heavy (non-hydrogen) atoms. The predicted molar refractivity (Wildman–Crippen MR) is 62.0 cm³/mol. The summed E-state index contributed by atoms with van der Waals surface area (Å²) < 4.78 is 0. The second-order valence-electron chi connectivity index (χ2n) is 3.35. The van der Waals surface area contributed by atoms with E-state index in [9.17, 15) is 9.59 Å². The molecule has 7 heteroatoms. The van der Waals surface area contributed by atoms with Crippen LogP contribution < -0.4 is 11.3 Å². The lowest BCUT2D eigenvalue weighted by Gasteiger charge is -2.19. The molecule has 1 amide bonds. The first-order valence-corrected chi connectivity index (χ1v) is 5.03. The first-order valence-electron chi connectivity index (χ1n) is 5.03. The minimum absolute atomic E-state index is 0.0327. The van der Waals surface area contributed by atoms with Crippen molar-refractivity contribution < 1.29 is 10.0 Å². The van der Waals surface area contributed by atoms with Gasteiger partial charge in [-0.25, -0.2) is 0 Å². The van der Waals surface area contributed by atoms with Crippen LogP contribution in [0.2, 0.25) is 0 Å². The van der Waals surface area contributed by atoms with Crippen LogP contribution in [-0.2, 0) is 0 Å². The van der Waals surface area contributed by atoms with E-state index >= 15 is 0 Å². The second kappa shape index (κ2) is 5.69. The highest BCUT2D eigenvalue weighted by Gasteiger charge is 2.15. The van der Waals surface area contributed by atoms with E-state index in [4.69, 9.17) is 10.9 Å². The van der Waals surface area contributed by atoms with Crippen LogP contribution in [0.1, 0.15) is 17.3 Å². The number of nitrogens with two attached hydrogens (primary N) is 1. The summed E-state index contributed by atoms with van der Waals surface area (Å²) in [4.78, 5) is 26.6. The highest BCUT2D eigenvalue weighted by Crippen LogP contribution is 2.01. The summed E-state index contributed by atoms with van der Waals surface area (Å²) >= 11 is 0. The van der Waals surface area contributed by atoms with Crippen molar-refractivity contribution in [3.8, 4) is 0 Å². The molecule has 4 N–H and O–H groups in total. The molecule has 0 saturated heterocycles. The number of nitrogens with zero attached hydrogens (tertiary/aromatic N) is 2. The zero-order chi connectivity index (χ0) is 12.8. The molecule has 0 fully saturated rings. The van der Waals surface area contributed by atoms with Crippen molar-refractivity contribution in [3.05, 3.63) is 34.2 Å². The lowest BCUT2D eigenvalue weighted by molar-refractivity contribution is 0.0785. The van der Waals surface area contributed by atoms with Crippen molar-refractivity contribution in [1.29, 1.82) is 0 Å². The molecule has 0 spiro atoms. The van der Waals surface area contributed by atoms with E-state index in [1.807, 2.05) is 0 Å². The molecule has 1 aromatic rings. The molecule has 1 rings (SSSR count). The highest BCUT2D eigenvalue weighted by atomic mass is 16.4. The number of oxime groups is 1. The molecule has 0 saturated carbocycles. The summed E-state index contributed by atoms with van der Waals surface area (Å²) in [6, 6.07) is 2.70. The lowest BCUT2D eigenvalue weighted by atomic mass is 10.2. The summed E-state index contributed by atoms with van der Waals surface area (Å²) in [6.45, 7) is 2.22. The Kier molecular flexibility index (Phi) is 4.27. The van der Waals surface area contributed by atoms with E-state index < -0.39 is 0 Å². The summed E-state index contributed by atoms with van der Waals surface area (Å²) in [7, 11) is 0. The lowest BCUT2D eigenvalue weighted by Crippen LogP contribution is -2.38. The number of amidine groups is 1. The average Bonchev–Trinajstić information content (AvgIpc) is 2.35. The maximum atomic E-state index is 12.0. The molecule has 1 heterocycles. The van der Waals surface area contributed by atoms with Crippen molar-refractivity contribution in [3.63, 3.8) is 0 Å². The molecule has 92 valence electrons. The van der Waals surface area contributed by atoms with Gasteiger partial charge in [0.15, 0.2) is 5.84 Å². The summed E-state index contributed by atoms with van der Waals surface area (Å²) in [5, 5.41) is 11.3. The van der Waals surface area contributed by atoms with Crippen molar-refractivity contribution in [1.82, 2.24) is 9.88 Å². The average molecular weight is 238 g/mol. The van der Waals surface area contributed by atoms with E-state index in [0.29, 0.717) is 12.1 Å². The molecule has 7 nitrogen and oxygen atoms in total. The van der Waals surface area contributed by atoms with Gasteiger partial charge in [-0.15, -0.1) is 0 Å². The van der Waals surface area contributed by atoms with Crippen molar-refractivity contribution in [2.24, 2.45) is 10.9 Å². The second-order valence-corrected chi connectivity index (χ2v) is 3.35. The third-order valence-electron chi connectivity index (χ3n) is 2.18. The normalized spacial score (nSPS) is 11.2. The molecule has 0 aliphatic heterocycles. The van der Waals surface area contributed by atoms with E-state index in [-0.39, 0.29) is 23.8 Å². The van der Waals surface area contributed by atoms with Gasteiger partial charge in [0.2, 0.25) is 5.56 Å². The third-order valence-corrected chi connectivity index (χ3v) is 2.18. The smallest absolute Gasteiger partial charge is 0.255 e. The van der Waals surface area contributed by atoms with Gasteiger partial charge in [0.05, 0.1) is 12.1 Å². The molecule has 0 radical (unpaired) electrons. The maximum absolute atomic E-state index is 12.0. The van der Waals surface area contributed by atoms with Crippen LogP contribution in [0, 0.1) is 0 Å².